The second kappa shape index (κ2) is 8.14. The third-order valence-corrected chi connectivity index (χ3v) is 8.05. The highest BCUT2D eigenvalue weighted by Crippen LogP contribution is 2.21. The van der Waals surface area contributed by atoms with Gasteiger partial charge in [-0.05, 0) is 37.1 Å². The van der Waals surface area contributed by atoms with Crippen LogP contribution in [0.15, 0.2) is 40.6 Å². The van der Waals surface area contributed by atoms with Crippen LogP contribution in [0.3, 0.4) is 0 Å². The smallest absolute Gasteiger partial charge is 0.306 e. The minimum Gasteiger partial charge on any atom is -0.457 e. The van der Waals surface area contributed by atoms with Crippen molar-refractivity contribution in [3.05, 3.63) is 41.3 Å². The number of sulfonamides is 1. The molecule has 1 aromatic carbocycles. The molecule has 1 aromatic rings. The standard InChI is InChI=1S/C18H21NO7S2/c20-17(12-26-18(21)11-14-7-10-27(22,23)13-14)15-3-5-16(6-4-15)28(24,25)19-8-1-2-9-19/h3-7,10,14H,1-2,8-9,11-13H2. The Balaban J connectivity index is 1.53. The number of ketones is 1. The van der Waals surface area contributed by atoms with Gasteiger partial charge in [0.25, 0.3) is 0 Å². The zero-order chi connectivity index (χ0) is 20.4. The van der Waals surface area contributed by atoms with Crippen LogP contribution < -0.4 is 0 Å². The van der Waals surface area contributed by atoms with E-state index in [-0.39, 0.29) is 22.6 Å². The molecule has 2 heterocycles. The van der Waals surface area contributed by atoms with Gasteiger partial charge in [0.15, 0.2) is 22.2 Å². The lowest BCUT2D eigenvalue weighted by atomic mass is 10.1. The fourth-order valence-electron chi connectivity index (χ4n) is 3.16. The van der Waals surface area contributed by atoms with E-state index in [1.54, 1.807) is 0 Å². The van der Waals surface area contributed by atoms with Crippen LogP contribution >= 0.6 is 0 Å². The summed E-state index contributed by atoms with van der Waals surface area (Å²) < 4.78 is 53.9. The van der Waals surface area contributed by atoms with E-state index < -0.39 is 44.1 Å². The summed E-state index contributed by atoms with van der Waals surface area (Å²) in [5.74, 6) is -1.70. The highest BCUT2D eigenvalue weighted by molar-refractivity contribution is 7.94. The first-order valence-electron chi connectivity index (χ1n) is 8.87. The molecule has 2 aliphatic rings. The van der Waals surface area contributed by atoms with Crippen LogP contribution in [0.25, 0.3) is 0 Å². The van der Waals surface area contributed by atoms with Crippen molar-refractivity contribution in [3.63, 3.8) is 0 Å². The monoisotopic (exact) mass is 427 g/mol. The molecule has 28 heavy (non-hydrogen) atoms. The Bertz CT molecular complexity index is 989. The van der Waals surface area contributed by atoms with Gasteiger partial charge in [-0.15, -0.1) is 0 Å². The lowest BCUT2D eigenvalue weighted by molar-refractivity contribution is -0.143. The SMILES string of the molecule is O=C(CC1C=CS(=O)(=O)C1)OCC(=O)c1ccc(S(=O)(=O)N2CCCC2)cc1. The van der Waals surface area contributed by atoms with Crippen LogP contribution in [0.2, 0.25) is 0 Å². The quantitative estimate of drug-likeness (QED) is 0.473. The molecule has 0 N–H and O–H groups in total. The second-order valence-electron chi connectivity index (χ2n) is 6.84. The van der Waals surface area contributed by atoms with Crippen molar-refractivity contribution in [3.8, 4) is 0 Å². The third kappa shape index (κ3) is 4.86. The Labute approximate surface area is 164 Å². The molecular weight excluding hydrogens is 406 g/mol. The number of carbonyl (C=O) groups is 2. The van der Waals surface area contributed by atoms with Crippen LogP contribution in [0, 0.1) is 5.92 Å². The average Bonchev–Trinajstić information content (AvgIpc) is 3.30. The minimum atomic E-state index is -3.55. The molecule has 0 aromatic heterocycles. The molecule has 1 fully saturated rings. The van der Waals surface area contributed by atoms with Gasteiger partial charge in [-0.25, -0.2) is 16.8 Å². The number of hydrogen-bond donors (Lipinski definition) is 0. The average molecular weight is 428 g/mol. The maximum Gasteiger partial charge on any atom is 0.306 e. The summed E-state index contributed by atoms with van der Waals surface area (Å²) >= 11 is 0. The molecule has 0 radical (unpaired) electrons. The van der Waals surface area contributed by atoms with E-state index in [1.165, 1.54) is 34.6 Å². The maximum atomic E-state index is 12.5. The molecule has 0 aliphatic carbocycles. The lowest BCUT2D eigenvalue weighted by Gasteiger charge is -2.15. The fourth-order valence-corrected chi connectivity index (χ4v) is 6.08. The number of esters is 1. The van der Waals surface area contributed by atoms with E-state index in [2.05, 4.69) is 0 Å². The largest absolute Gasteiger partial charge is 0.457 e. The van der Waals surface area contributed by atoms with Crippen LogP contribution in [0.4, 0.5) is 0 Å². The highest BCUT2D eigenvalue weighted by atomic mass is 32.2. The molecule has 0 saturated carbocycles. The van der Waals surface area contributed by atoms with Gasteiger partial charge in [0.1, 0.15) is 0 Å². The lowest BCUT2D eigenvalue weighted by Crippen LogP contribution is -2.27. The van der Waals surface area contributed by atoms with Crippen LogP contribution in [-0.4, -0.2) is 58.3 Å². The van der Waals surface area contributed by atoms with Crippen molar-refractivity contribution < 1.29 is 31.2 Å². The van der Waals surface area contributed by atoms with Crippen molar-refractivity contribution in [1.82, 2.24) is 4.31 Å². The first kappa shape index (κ1) is 20.7. The van der Waals surface area contributed by atoms with Gasteiger partial charge in [-0.1, -0.05) is 6.08 Å². The van der Waals surface area contributed by atoms with Gasteiger partial charge in [0, 0.05) is 30.0 Å². The van der Waals surface area contributed by atoms with Crippen molar-refractivity contribution in [2.45, 2.75) is 24.2 Å². The number of rotatable bonds is 7. The molecule has 0 amide bonds. The summed E-state index contributed by atoms with van der Waals surface area (Å²) in [6, 6.07) is 5.53. The summed E-state index contributed by atoms with van der Waals surface area (Å²) in [4.78, 5) is 24.1. The summed E-state index contributed by atoms with van der Waals surface area (Å²) in [6.45, 7) is 0.507. The molecule has 152 valence electrons. The van der Waals surface area contributed by atoms with Crippen molar-refractivity contribution >= 4 is 31.6 Å². The number of Topliss-reactive ketones (excluding diaryl/α,β-unsaturated/α-hetero) is 1. The number of carbonyl (C=O) groups excluding carboxylic acids is 2. The minimum absolute atomic E-state index is 0.115. The number of sulfone groups is 1. The van der Waals surface area contributed by atoms with Crippen LogP contribution in [-0.2, 0) is 29.4 Å². The van der Waals surface area contributed by atoms with E-state index in [0.717, 1.165) is 18.2 Å². The van der Waals surface area contributed by atoms with Gasteiger partial charge < -0.3 is 4.74 Å². The molecule has 8 nitrogen and oxygen atoms in total. The van der Waals surface area contributed by atoms with Crippen molar-refractivity contribution in [2.75, 3.05) is 25.4 Å². The fraction of sp³-hybridized carbons (Fsp3) is 0.444. The molecule has 1 atom stereocenters. The Morgan fingerprint density at radius 2 is 1.75 bits per heavy atom. The molecule has 1 unspecified atom stereocenters. The van der Waals surface area contributed by atoms with Crippen molar-refractivity contribution in [2.24, 2.45) is 5.92 Å². The first-order valence-corrected chi connectivity index (χ1v) is 12.0. The summed E-state index contributed by atoms with van der Waals surface area (Å²) in [5, 5.41) is 1.08. The molecule has 2 aliphatic heterocycles. The van der Waals surface area contributed by atoms with Gasteiger partial charge >= 0.3 is 5.97 Å². The molecule has 3 rings (SSSR count). The molecular formula is C18H21NO7S2. The molecule has 10 heteroatoms. The summed E-state index contributed by atoms with van der Waals surface area (Å²) in [6.07, 6.45) is 3.00. The van der Waals surface area contributed by atoms with Crippen LogP contribution in [0.5, 0.6) is 0 Å². The van der Waals surface area contributed by atoms with Gasteiger partial charge in [0.05, 0.1) is 17.1 Å². The van der Waals surface area contributed by atoms with Gasteiger partial charge in [0.2, 0.25) is 10.0 Å². The van der Waals surface area contributed by atoms with Gasteiger partial charge in [-0.3, -0.25) is 9.59 Å². The van der Waals surface area contributed by atoms with Crippen LogP contribution in [0.1, 0.15) is 29.6 Å². The Kier molecular flexibility index (Phi) is 6.01. The molecule has 0 bridgehead atoms. The van der Waals surface area contributed by atoms with Crippen molar-refractivity contribution in [1.29, 1.82) is 0 Å². The van der Waals surface area contributed by atoms with E-state index in [1.807, 2.05) is 0 Å². The number of ether oxygens (including phenoxy) is 1. The van der Waals surface area contributed by atoms with Gasteiger partial charge in [-0.2, -0.15) is 4.31 Å². The zero-order valence-electron chi connectivity index (χ0n) is 15.1. The Morgan fingerprint density at radius 1 is 1.11 bits per heavy atom. The maximum absolute atomic E-state index is 12.5. The second-order valence-corrected chi connectivity index (χ2v) is 10.7. The molecule has 0 spiro atoms. The van der Waals surface area contributed by atoms with E-state index in [9.17, 15) is 26.4 Å². The third-order valence-electron chi connectivity index (χ3n) is 4.68. The number of nitrogens with zero attached hydrogens (tertiary/aromatic N) is 1. The number of allylic oxidation sites excluding steroid dienone is 1. The van der Waals surface area contributed by atoms with E-state index in [0.29, 0.717) is 13.1 Å². The van der Waals surface area contributed by atoms with E-state index in [4.69, 9.17) is 4.74 Å². The molecule has 1 saturated heterocycles. The predicted octanol–water partition coefficient (Wildman–Crippen LogP) is 1.15. The number of hydrogen-bond acceptors (Lipinski definition) is 7. The Hall–Kier alpha value is -2.04. The first-order chi connectivity index (χ1) is 13.2. The van der Waals surface area contributed by atoms with E-state index >= 15 is 0 Å². The highest BCUT2D eigenvalue weighted by Gasteiger charge is 2.27. The summed E-state index contributed by atoms with van der Waals surface area (Å²) in [5.41, 5.74) is 0.233. The predicted molar refractivity (Wildman–Crippen MR) is 101 cm³/mol. The zero-order valence-corrected chi connectivity index (χ0v) is 16.7. The Morgan fingerprint density at radius 3 is 2.32 bits per heavy atom. The normalized spacial score (nSPS) is 21.6. The summed E-state index contributed by atoms with van der Waals surface area (Å²) in [7, 11) is -6.79. The topological polar surface area (TPSA) is 115 Å². The number of benzene rings is 1.